The highest BCUT2D eigenvalue weighted by molar-refractivity contribution is 9.11. The number of thiophene rings is 1. The lowest BCUT2D eigenvalue weighted by Gasteiger charge is -2.39. The summed E-state index contributed by atoms with van der Waals surface area (Å²) in [5.74, 6) is 0.194. The van der Waals surface area contributed by atoms with E-state index < -0.39 is 0 Å². The number of carbonyl (C=O) groups is 1. The highest BCUT2D eigenvalue weighted by atomic mass is 79.9. The lowest BCUT2D eigenvalue weighted by atomic mass is 10.0. The minimum atomic E-state index is -0.0472. The van der Waals surface area contributed by atoms with Crippen LogP contribution in [0, 0.1) is 0 Å². The third kappa shape index (κ3) is 3.72. The molecule has 1 aliphatic heterocycles. The van der Waals surface area contributed by atoms with Gasteiger partial charge in [-0.15, -0.1) is 23.7 Å². The van der Waals surface area contributed by atoms with Crippen molar-refractivity contribution < 1.29 is 4.79 Å². The molecule has 0 saturated carbocycles. The SMILES string of the molecule is CC(C(=O)N1CCNC(C)C1C)c1ccc(Br)s1.Cl. The van der Waals surface area contributed by atoms with Crippen LogP contribution in [0.3, 0.4) is 0 Å². The van der Waals surface area contributed by atoms with Crippen LogP contribution in [0.25, 0.3) is 0 Å². The molecule has 1 aromatic heterocycles. The molecule has 2 heterocycles. The number of amides is 1. The molecule has 0 spiro atoms. The Morgan fingerprint density at radius 1 is 1.53 bits per heavy atom. The van der Waals surface area contributed by atoms with Crippen LogP contribution in [0.4, 0.5) is 0 Å². The summed E-state index contributed by atoms with van der Waals surface area (Å²) in [6.45, 7) is 7.95. The van der Waals surface area contributed by atoms with E-state index in [1.807, 2.05) is 24.0 Å². The topological polar surface area (TPSA) is 32.3 Å². The summed E-state index contributed by atoms with van der Waals surface area (Å²) in [6, 6.07) is 4.67. The summed E-state index contributed by atoms with van der Waals surface area (Å²) in [4.78, 5) is 15.7. The van der Waals surface area contributed by atoms with Crippen LogP contribution in [0.1, 0.15) is 31.6 Å². The molecule has 19 heavy (non-hydrogen) atoms. The van der Waals surface area contributed by atoms with Gasteiger partial charge in [-0.1, -0.05) is 0 Å². The first-order valence-corrected chi connectivity index (χ1v) is 7.90. The van der Waals surface area contributed by atoms with E-state index in [1.165, 1.54) is 0 Å². The molecule has 0 aromatic carbocycles. The van der Waals surface area contributed by atoms with Gasteiger partial charge in [0.1, 0.15) is 0 Å². The van der Waals surface area contributed by atoms with E-state index in [-0.39, 0.29) is 30.3 Å². The number of halogens is 2. The smallest absolute Gasteiger partial charge is 0.231 e. The lowest BCUT2D eigenvalue weighted by molar-refractivity contribution is -0.136. The Kier molecular flexibility index (Phi) is 6.30. The minimum Gasteiger partial charge on any atom is -0.337 e. The second-order valence-corrected chi connectivity index (χ2v) is 7.37. The first kappa shape index (κ1) is 17.0. The predicted octanol–water partition coefficient (Wildman–Crippen LogP) is 3.24. The highest BCUT2D eigenvalue weighted by Gasteiger charge is 2.31. The lowest BCUT2D eigenvalue weighted by Crippen LogP contribution is -2.57. The molecule has 1 N–H and O–H groups in total. The first-order chi connectivity index (χ1) is 8.50. The van der Waals surface area contributed by atoms with Crippen molar-refractivity contribution in [1.29, 1.82) is 0 Å². The number of rotatable bonds is 2. The van der Waals surface area contributed by atoms with Crippen molar-refractivity contribution in [2.24, 2.45) is 0 Å². The van der Waals surface area contributed by atoms with Crippen molar-refractivity contribution in [3.8, 4) is 0 Å². The normalized spacial score (nSPS) is 24.7. The van der Waals surface area contributed by atoms with Crippen LogP contribution < -0.4 is 5.32 Å². The second kappa shape index (κ2) is 7.07. The van der Waals surface area contributed by atoms with E-state index in [4.69, 9.17) is 0 Å². The van der Waals surface area contributed by atoms with E-state index in [0.717, 1.165) is 21.8 Å². The van der Waals surface area contributed by atoms with Gasteiger partial charge >= 0.3 is 0 Å². The Bertz CT molecular complexity index is 440. The number of nitrogens with zero attached hydrogens (tertiary/aromatic N) is 1. The fourth-order valence-electron chi connectivity index (χ4n) is 2.30. The van der Waals surface area contributed by atoms with E-state index >= 15 is 0 Å². The van der Waals surface area contributed by atoms with Gasteiger partial charge in [0.05, 0.1) is 9.70 Å². The van der Waals surface area contributed by atoms with E-state index in [1.54, 1.807) is 11.3 Å². The van der Waals surface area contributed by atoms with Gasteiger partial charge < -0.3 is 10.2 Å². The fourth-order valence-corrected chi connectivity index (χ4v) is 3.77. The van der Waals surface area contributed by atoms with Crippen LogP contribution in [0.15, 0.2) is 15.9 Å². The van der Waals surface area contributed by atoms with Crippen LogP contribution in [-0.2, 0) is 4.79 Å². The zero-order valence-electron chi connectivity index (χ0n) is 11.4. The predicted molar refractivity (Wildman–Crippen MR) is 86.3 cm³/mol. The number of hydrogen-bond donors (Lipinski definition) is 1. The maximum absolute atomic E-state index is 12.6. The third-order valence-corrected chi connectivity index (χ3v) is 5.51. The van der Waals surface area contributed by atoms with Crippen molar-refractivity contribution in [2.75, 3.05) is 13.1 Å². The van der Waals surface area contributed by atoms with Gasteiger partial charge in [0, 0.05) is 30.1 Å². The van der Waals surface area contributed by atoms with Crippen molar-refractivity contribution in [3.05, 3.63) is 20.8 Å². The van der Waals surface area contributed by atoms with E-state index in [9.17, 15) is 4.79 Å². The molecule has 3 nitrogen and oxygen atoms in total. The molecule has 3 unspecified atom stereocenters. The van der Waals surface area contributed by atoms with Gasteiger partial charge in [-0.3, -0.25) is 4.79 Å². The summed E-state index contributed by atoms with van der Waals surface area (Å²) in [7, 11) is 0. The fraction of sp³-hybridized carbons (Fsp3) is 0.615. The van der Waals surface area contributed by atoms with Crippen LogP contribution >= 0.6 is 39.7 Å². The minimum absolute atomic E-state index is 0. The summed E-state index contributed by atoms with van der Waals surface area (Å²) < 4.78 is 1.08. The highest BCUT2D eigenvalue weighted by Crippen LogP contribution is 2.30. The molecule has 2 rings (SSSR count). The Balaban J connectivity index is 0.00000180. The molecule has 6 heteroatoms. The number of carbonyl (C=O) groups excluding carboxylic acids is 1. The van der Waals surface area contributed by atoms with E-state index in [2.05, 4.69) is 35.1 Å². The molecule has 1 aliphatic rings. The molecule has 108 valence electrons. The van der Waals surface area contributed by atoms with Crippen LogP contribution in [0.2, 0.25) is 0 Å². The van der Waals surface area contributed by atoms with Gasteiger partial charge in [0.25, 0.3) is 0 Å². The summed E-state index contributed by atoms with van der Waals surface area (Å²) in [6.07, 6.45) is 0. The van der Waals surface area contributed by atoms with Crippen molar-refractivity contribution in [2.45, 2.75) is 38.8 Å². The third-order valence-electron chi connectivity index (χ3n) is 3.71. The van der Waals surface area contributed by atoms with Gasteiger partial charge in [-0.25, -0.2) is 0 Å². The van der Waals surface area contributed by atoms with Crippen LogP contribution in [-0.4, -0.2) is 36.0 Å². The molecule has 1 aromatic rings. The first-order valence-electron chi connectivity index (χ1n) is 6.30. The summed E-state index contributed by atoms with van der Waals surface area (Å²) in [5, 5.41) is 3.40. The molecule has 1 saturated heterocycles. The van der Waals surface area contributed by atoms with Crippen molar-refractivity contribution >= 4 is 45.6 Å². The number of hydrogen-bond acceptors (Lipinski definition) is 3. The average Bonchev–Trinajstić information content (AvgIpc) is 2.77. The number of piperazine rings is 1. The van der Waals surface area contributed by atoms with Crippen molar-refractivity contribution in [1.82, 2.24) is 10.2 Å². The standard InChI is InChI=1S/C13H19BrN2OS.ClH/c1-8(11-4-5-12(14)18-11)13(17)16-7-6-15-9(2)10(16)3;/h4-5,8-10,15H,6-7H2,1-3H3;1H. The molecule has 1 fully saturated rings. The molecular formula is C13H20BrClN2OS. The average molecular weight is 368 g/mol. The quantitative estimate of drug-likeness (QED) is 0.870. The van der Waals surface area contributed by atoms with Gasteiger partial charge in [0.2, 0.25) is 5.91 Å². The van der Waals surface area contributed by atoms with Gasteiger partial charge in [0.15, 0.2) is 0 Å². The van der Waals surface area contributed by atoms with Gasteiger partial charge in [-0.05, 0) is 48.8 Å². The number of nitrogens with one attached hydrogen (secondary N) is 1. The van der Waals surface area contributed by atoms with Crippen molar-refractivity contribution in [3.63, 3.8) is 0 Å². The van der Waals surface area contributed by atoms with Crippen LogP contribution in [0.5, 0.6) is 0 Å². The molecule has 0 bridgehead atoms. The molecule has 1 amide bonds. The second-order valence-electron chi connectivity index (χ2n) is 4.88. The summed E-state index contributed by atoms with van der Waals surface area (Å²) in [5.41, 5.74) is 0. The zero-order valence-corrected chi connectivity index (χ0v) is 14.6. The maximum Gasteiger partial charge on any atom is 0.231 e. The Morgan fingerprint density at radius 3 is 2.79 bits per heavy atom. The molecule has 0 aliphatic carbocycles. The Morgan fingerprint density at radius 2 is 2.21 bits per heavy atom. The van der Waals surface area contributed by atoms with E-state index in [0.29, 0.717) is 6.04 Å². The Labute approximate surface area is 133 Å². The van der Waals surface area contributed by atoms with Gasteiger partial charge in [-0.2, -0.15) is 0 Å². The summed E-state index contributed by atoms with van der Waals surface area (Å²) >= 11 is 5.09. The largest absolute Gasteiger partial charge is 0.337 e. The monoisotopic (exact) mass is 366 g/mol. The molecule has 0 radical (unpaired) electrons. The maximum atomic E-state index is 12.6. The molecule has 3 atom stereocenters. The molecular weight excluding hydrogens is 348 g/mol. The zero-order chi connectivity index (χ0) is 13.3. The Hall–Kier alpha value is -0.100.